The standard InChI is InChI=1S/C19H27N5OS/c1-4-24-17(7-12-21-24)26-19(2,3)15-8-13-23(14-9-15)18(25)22-16-5-10-20-11-6-16/h5-7,10-12,15H,4,8-9,13-14H2,1-3H3,(H,20,22,25). The third kappa shape index (κ3) is 4.38. The minimum atomic E-state index is -0.0239. The number of pyridine rings is 1. The van der Waals surface area contributed by atoms with E-state index in [9.17, 15) is 4.79 Å². The van der Waals surface area contributed by atoms with Crippen LogP contribution < -0.4 is 5.32 Å². The van der Waals surface area contributed by atoms with E-state index >= 15 is 0 Å². The van der Waals surface area contributed by atoms with Gasteiger partial charge in [-0.3, -0.25) is 9.67 Å². The van der Waals surface area contributed by atoms with Crippen LogP contribution in [0.4, 0.5) is 10.5 Å². The van der Waals surface area contributed by atoms with Gasteiger partial charge in [0, 0.05) is 42.5 Å². The first-order valence-corrected chi connectivity index (χ1v) is 9.98. The van der Waals surface area contributed by atoms with Gasteiger partial charge in [0.15, 0.2) is 0 Å². The predicted octanol–water partition coefficient (Wildman–Crippen LogP) is 4.11. The fourth-order valence-corrected chi connectivity index (χ4v) is 4.77. The summed E-state index contributed by atoms with van der Waals surface area (Å²) < 4.78 is 2.16. The smallest absolute Gasteiger partial charge is 0.321 e. The number of anilines is 1. The first-order valence-electron chi connectivity index (χ1n) is 9.16. The Kier molecular flexibility index (Phi) is 5.86. The van der Waals surface area contributed by atoms with E-state index in [1.165, 1.54) is 5.03 Å². The second kappa shape index (κ2) is 8.12. The van der Waals surface area contributed by atoms with Gasteiger partial charge in [-0.15, -0.1) is 11.8 Å². The van der Waals surface area contributed by atoms with Crippen molar-refractivity contribution in [1.29, 1.82) is 0 Å². The first-order chi connectivity index (χ1) is 12.5. The van der Waals surface area contributed by atoms with Crippen LogP contribution in [0.2, 0.25) is 0 Å². The number of amides is 2. The van der Waals surface area contributed by atoms with Gasteiger partial charge in [0.1, 0.15) is 0 Å². The molecule has 1 fully saturated rings. The zero-order chi connectivity index (χ0) is 18.6. The van der Waals surface area contributed by atoms with Gasteiger partial charge in [-0.05, 0) is 43.9 Å². The maximum Gasteiger partial charge on any atom is 0.321 e. The Morgan fingerprint density at radius 3 is 2.58 bits per heavy atom. The SMILES string of the molecule is CCn1nccc1SC(C)(C)C1CCN(C(=O)Nc2ccncc2)CC1. The van der Waals surface area contributed by atoms with Crippen molar-refractivity contribution in [3.8, 4) is 0 Å². The molecule has 2 aromatic heterocycles. The van der Waals surface area contributed by atoms with E-state index in [0.717, 1.165) is 38.2 Å². The van der Waals surface area contributed by atoms with Gasteiger partial charge in [0.25, 0.3) is 0 Å². The van der Waals surface area contributed by atoms with Gasteiger partial charge in [-0.25, -0.2) is 4.79 Å². The Morgan fingerprint density at radius 1 is 1.23 bits per heavy atom. The third-order valence-electron chi connectivity index (χ3n) is 5.04. The van der Waals surface area contributed by atoms with Crippen molar-refractivity contribution < 1.29 is 4.79 Å². The largest absolute Gasteiger partial charge is 0.325 e. The Balaban J connectivity index is 1.54. The molecular weight excluding hydrogens is 346 g/mol. The topological polar surface area (TPSA) is 63.1 Å². The van der Waals surface area contributed by atoms with Crippen molar-refractivity contribution in [3.63, 3.8) is 0 Å². The van der Waals surface area contributed by atoms with Crippen LogP contribution in [0.1, 0.15) is 33.6 Å². The molecule has 6 nitrogen and oxygen atoms in total. The molecule has 3 heterocycles. The lowest BCUT2D eigenvalue weighted by Crippen LogP contribution is -2.44. The molecule has 0 atom stereocenters. The molecule has 0 aliphatic carbocycles. The molecule has 26 heavy (non-hydrogen) atoms. The summed E-state index contributed by atoms with van der Waals surface area (Å²) in [6.45, 7) is 9.20. The van der Waals surface area contributed by atoms with Crippen molar-refractivity contribution >= 4 is 23.5 Å². The number of urea groups is 1. The number of aryl methyl sites for hydroxylation is 1. The molecule has 2 aromatic rings. The zero-order valence-electron chi connectivity index (χ0n) is 15.7. The summed E-state index contributed by atoms with van der Waals surface area (Å²) in [6.07, 6.45) is 7.27. The highest BCUT2D eigenvalue weighted by atomic mass is 32.2. The van der Waals surface area contributed by atoms with Crippen molar-refractivity contribution in [3.05, 3.63) is 36.8 Å². The predicted molar refractivity (Wildman–Crippen MR) is 105 cm³/mol. The fourth-order valence-electron chi connectivity index (χ4n) is 3.41. The average molecular weight is 374 g/mol. The molecule has 140 valence electrons. The molecule has 1 aliphatic heterocycles. The normalized spacial score (nSPS) is 15.9. The lowest BCUT2D eigenvalue weighted by atomic mass is 9.86. The number of carbonyl (C=O) groups is 1. The van der Waals surface area contributed by atoms with Crippen LogP contribution in [0.5, 0.6) is 0 Å². The first kappa shape index (κ1) is 18.8. The molecule has 1 aliphatic rings. The van der Waals surface area contributed by atoms with Gasteiger partial charge < -0.3 is 10.2 Å². The van der Waals surface area contributed by atoms with Crippen molar-refractivity contribution in [2.24, 2.45) is 5.92 Å². The summed E-state index contributed by atoms with van der Waals surface area (Å²) in [6, 6.07) is 5.68. The molecule has 0 bridgehead atoms. The van der Waals surface area contributed by atoms with Crippen LogP contribution >= 0.6 is 11.8 Å². The fraction of sp³-hybridized carbons (Fsp3) is 0.526. The summed E-state index contributed by atoms with van der Waals surface area (Å²) >= 11 is 1.90. The van der Waals surface area contributed by atoms with Gasteiger partial charge in [-0.2, -0.15) is 5.10 Å². The zero-order valence-corrected chi connectivity index (χ0v) is 16.5. The van der Waals surface area contributed by atoms with Gasteiger partial charge in [-0.1, -0.05) is 13.8 Å². The summed E-state index contributed by atoms with van der Waals surface area (Å²) in [5.74, 6) is 0.567. The van der Waals surface area contributed by atoms with Gasteiger partial charge in [0.05, 0.1) is 11.2 Å². The molecule has 0 saturated carbocycles. The number of aromatic nitrogens is 3. The number of rotatable bonds is 5. The summed E-state index contributed by atoms with van der Waals surface area (Å²) in [7, 11) is 0. The van der Waals surface area contributed by atoms with E-state index in [2.05, 4.69) is 42.2 Å². The monoisotopic (exact) mass is 373 g/mol. The molecule has 0 radical (unpaired) electrons. The Morgan fingerprint density at radius 2 is 1.92 bits per heavy atom. The lowest BCUT2D eigenvalue weighted by molar-refractivity contribution is 0.173. The number of hydrogen-bond donors (Lipinski definition) is 1. The second-order valence-corrected chi connectivity index (χ2v) is 8.79. The third-order valence-corrected chi connectivity index (χ3v) is 6.46. The molecular formula is C19H27N5OS. The molecule has 0 aromatic carbocycles. The van der Waals surface area contributed by atoms with Crippen LogP contribution in [0.15, 0.2) is 41.8 Å². The van der Waals surface area contributed by atoms with Gasteiger partial charge >= 0.3 is 6.03 Å². The summed E-state index contributed by atoms with van der Waals surface area (Å²) in [5, 5.41) is 8.53. The highest BCUT2D eigenvalue weighted by molar-refractivity contribution is 8.00. The maximum absolute atomic E-state index is 12.4. The van der Waals surface area contributed by atoms with Crippen LogP contribution in [0, 0.1) is 5.92 Å². The van der Waals surface area contributed by atoms with Crippen molar-refractivity contribution in [2.45, 2.75) is 49.9 Å². The molecule has 7 heteroatoms. The van der Waals surface area contributed by atoms with E-state index < -0.39 is 0 Å². The minimum Gasteiger partial charge on any atom is -0.325 e. The number of carbonyl (C=O) groups excluding carboxylic acids is 1. The number of piperidine rings is 1. The highest BCUT2D eigenvalue weighted by Crippen LogP contribution is 2.42. The highest BCUT2D eigenvalue weighted by Gasteiger charge is 2.35. The van der Waals surface area contributed by atoms with Gasteiger partial charge in [0.2, 0.25) is 0 Å². The lowest BCUT2D eigenvalue weighted by Gasteiger charge is -2.40. The second-order valence-electron chi connectivity index (χ2n) is 7.12. The van der Waals surface area contributed by atoms with Crippen LogP contribution in [-0.4, -0.2) is 43.5 Å². The summed E-state index contributed by atoms with van der Waals surface area (Å²) in [4.78, 5) is 18.3. The maximum atomic E-state index is 12.4. The molecule has 1 N–H and O–H groups in total. The van der Waals surface area contributed by atoms with E-state index in [4.69, 9.17) is 0 Å². The average Bonchev–Trinajstić information content (AvgIpc) is 3.09. The number of nitrogens with one attached hydrogen (secondary N) is 1. The van der Waals surface area contributed by atoms with Crippen molar-refractivity contribution in [1.82, 2.24) is 19.7 Å². The molecule has 3 rings (SSSR count). The quantitative estimate of drug-likeness (QED) is 0.801. The van der Waals surface area contributed by atoms with E-state index in [1.54, 1.807) is 24.5 Å². The Bertz CT molecular complexity index is 723. The van der Waals surface area contributed by atoms with E-state index in [1.807, 2.05) is 27.5 Å². The Labute approximate surface area is 159 Å². The van der Waals surface area contributed by atoms with E-state index in [-0.39, 0.29) is 10.8 Å². The van der Waals surface area contributed by atoms with Crippen LogP contribution in [0.25, 0.3) is 0 Å². The number of likely N-dealkylation sites (tertiary alicyclic amines) is 1. The van der Waals surface area contributed by atoms with Crippen LogP contribution in [-0.2, 0) is 6.54 Å². The van der Waals surface area contributed by atoms with Crippen molar-refractivity contribution in [2.75, 3.05) is 18.4 Å². The number of hydrogen-bond acceptors (Lipinski definition) is 4. The van der Waals surface area contributed by atoms with Crippen LogP contribution in [0.3, 0.4) is 0 Å². The molecule has 1 saturated heterocycles. The molecule has 0 spiro atoms. The number of thioether (sulfide) groups is 1. The molecule has 2 amide bonds. The summed E-state index contributed by atoms with van der Waals surface area (Å²) in [5.41, 5.74) is 0.788. The van der Waals surface area contributed by atoms with E-state index in [0.29, 0.717) is 5.92 Å². The minimum absolute atomic E-state index is 0.0239. The molecule has 0 unspecified atom stereocenters. The number of nitrogens with zero attached hydrogens (tertiary/aromatic N) is 4. The Hall–Kier alpha value is -2.02.